The molecule has 0 saturated heterocycles. The molecule has 0 amide bonds. The van der Waals surface area contributed by atoms with Crippen molar-refractivity contribution in [3.8, 4) is 0 Å². The molecule has 162 valence electrons. The van der Waals surface area contributed by atoms with E-state index in [4.69, 9.17) is 0 Å². The quantitative estimate of drug-likeness (QED) is 0.406. The highest BCUT2D eigenvalue weighted by Gasteiger charge is 1.99. The Morgan fingerprint density at radius 2 is 0.900 bits per heavy atom. The van der Waals surface area contributed by atoms with Crippen molar-refractivity contribution in [3.63, 3.8) is 0 Å². The van der Waals surface area contributed by atoms with Gasteiger partial charge in [0.05, 0.1) is 0 Å². The van der Waals surface area contributed by atoms with Crippen LogP contribution < -0.4 is 0 Å². The van der Waals surface area contributed by atoms with Crippen molar-refractivity contribution in [2.24, 2.45) is 0 Å². The molecule has 0 aliphatic heterocycles. The second kappa shape index (κ2) is 13.0. The zero-order chi connectivity index (χ0) is 22.7. The van der Waals surface area contributed by atoms with E-state index in [1.54, 1.807) is 0 Å². The minimum atomic E-state index is -0.163. The van der Waals surface area contributed by atoms with E-state index in [0.29, 0.717) is 17.8 Å². The Balaban J connectivity index is 0.000000226. The molecule has 0 fully saturated rings. The molecule has 0 nitrogen and oxygen atoms in total. The summed E-state index contributed by atoms with van der Waals surface area (Å²) >= 11 is 0. The third-order valence-electron chi connectivity index (χ3n) is 4.91. The lowest BCUT2D eigenvalue weighted by Crippen LogP contribution is -1.89. The fourth-order valence-electron chi connectivity index (χ4n) is 3.03. The van der Waals surface area contributed by atoms with E-state index < -0.39 is 0 Å². The third kappa shape index (κ3) is 9.87. The SMILES string of the molecule is CC(C)c1ccc(F)cc1.CC(C)c1ccccc1.Cc1cc(C)cc(C(C)C)c1. The highest BCUT2D eigenvalue weighted by atomic mass is 19.1. The molecular formula is C29H39F. The van der Waals surface area contributed by atoms with Crippen molar-refractivity contribution in [3.05, 3.63) is 106 Å². The highest BCUT2D eigenvalue weighted by Crippen LogP contribution is 2.17. The molecule has 1 heteroatoms. The van der Waals surface area contributed by atoms with Gasteiger partial charge in [-0.3, -0.25) is 0 Å². The summed E-state index contributed by atoms with van der Waals surface area (Å²) in [6.45, 7) is 17.4. The van der Waals surface area contributed by atoms with E-state index in [1.165, 1.54) is 39.9 Å². The van der Waals surface area contributed by atoms with Crippen LogP contribution in [-0.4, -0.2) is 0 Å². The minimum absolute atomic E-state index is 0.163. The zero-order valence-corrected chi connectivity index (χ0v) is 20.0. The molecular weight excluding hydrogens is 367 g/mol. The van der Waals surface area contributed by atoms with Crippen molar-refractivity contribution >= 4 is 0 Å². The van der Waals surface area contributed by atoms with Gasteiger partial charge >= 0.3 is 0 Å². The number of hydrogen-bond acceptors (Lipinski definition) is 0. The standard InChI is InChI=1S/C11H16.C9H11F.C9H12/c1-8(2)11-6-9(3)5-10(4)7-11;1-7(2)8-3-5-9(10)6-4-8;1-8(2)9-6-4-3-5-7-9/h5-8H,1-4H3;3-7H,1-2H3;3-8H,1-2H3. The lowest BCUT2D eigenvalue weighted by molar-refractivity contribution is 0.626. The molecule has 0 heterocycles. The van der Waals surface area contributed by atoms with E-state index in [1.807, 2.05) is 18.2 Å². The smallest absolute Gasteiger partial charge is 0.123 e. The highest BCUT2D eigenvalue weighted by molar-refractivity contribution is 5.30. The number of aryl methyl sites for hydroxylation is 2. The van der Waals surface area contributed by atoms with Crippen LogP contribution in [0.5, 0.6) is 0 Å². The monoisotopic (exact) mass is 406 g/mol. The van der Waals surface area contributed by atoms with Gasteiger partial charge in [-0.25, -0.2) is 4.39 Å². The lowest BCUT2D eigenvalue weighted by Gasteiger charge is -2.07. The molecule has 0 aromatic heterocycles. The average Bonchev–Trinajstić information content (AvgIpc) is 2.69. The van der Waals surface area contributed by atoms with E-state index >= 15 is 0 Å². The van der Waals surface area contributed by atoms with Crippen molar-refractivity contribution in [2.45, 2.75) is 73.1 Å². The molecule has 0 radical (unpaired) electrons. The van der Waals surface area contributed by atoms with E-state index in [-0.39, 0.29) is 5.82 Å². The van der Waals surface area contributed by atoms with Gasteiger partial charge in [0.25, 0.3) is 0 Å². The van der Waals surface area contributed by atoms with Crippen LogP contribution in [-0.2, 0) is 0 Å². The molecule has 3 aromatic carbocycles. The molecule has 0 bridgehead atoms. The lowest BCUT2D eigenvalue weighted by atomic mass is 9.99. The zero-order valence-electron chi connectivity index (χ0n) is 20.0. The van der Waals surface area contributed by atoms with Crippen LogP contribution in [0.25, 0.3) is 0 Å². The predicted octanol–water partition coefficient (Wildman–Crippen LogP) is 9.19. The first-order chi connectivity index (χ1) is 14.1. The Bertz CT molecular complexity index is 823. The Morgan fingerprint density at radius 3 is 1.27 bits per heavy atom. The van der Waals surface area contributed by atoms with Crippen LogP contribution in [0.15, 0.2) is 72.8 Å². The first kappa shape index (κ1) is 25.6. The molecule has 0 saturated carbocycles. The maximum absolute atomic E-state index is 12.4. The van der Waals surface area contributed by atoms with E-state index in [0.717, 1.165) is 0 Å². The Kier molecular flexibility index (Phi) is 11.1. The summed E-state index contributed by atoms with van der Waals surface area (Å²) in [4.78, 5) is 0. The van der Waals surface area contributed by atoms with Gasteiger partial charge < -0.3 is 0 Å². The molecule has 0 N–H and O–H groups in total. The van der Waals surface area contributed by atoms with Gasteiger partial charge in [-0.15, -0.1) is 0 Å². The second-order valence-corrected chi connectivity index (χ2v) is 8.85. The van der Waals surface area contributed by atoms with E-state index in [9.17, 15) is 4.39 Å². The van der Waals surface area contributed by atoms with Gasteiger partial charge in [0, 0.05) is 0 Å². The largest absolute Gasteiger partial charge is 0.207 e. The van der Waals surface area contributed by atoms with Crippen LogP contribution in [0.2, 0.25) is 0 Å². The van der Waals surface area contributed by atoms with Crippen molar-refractivity contribution in [1.82, 2.24) is 0 Å². The fourth-order valence-corrected chi connectivity index (χ4v) is 3.03. The van der Waals surface area contributed by atoms with Crippen LogP contribution in [0.3, 0.4) is 0 Å². The molecule has 0 aliphatic rings. The van der Waals surface area contributed by atoms with Gasteiger partial charge in [-0.05, 0) is 60.4 Å². The molecule has 0 atom stereocenters. The summed E-state index contributed by atoms with van der Waals surface area (Å²) in [5.74, 6) is 1.63. The van der Waals surface area contributed by atoms with Crippen LogP contribution in [0, 0.1) is 19.7 Å². The van der Waals surface area contributed by atoms with Gasteiger partial charge in [-0.2, -0.15) is 0 Å². The molecule has 30 heavy (non-hydrogen) atoms. The third-order valence-corrected chi connectivity index (χ3v) is 4.91. The Morgan fingerprint density at radius 1 is 0.500 bits per heavy atom. The average molecular weight is 407 g/mol. The van der Waals surface area contributed by atoms with Crippen LogP contribution in [0.1, 0.15) is 87.1 Å². The summed E-state index contributed by atoms with van der Waals surface area (Å²) in [7, 11) is 0. The summed E-state index contributed by atoms with van der Waals surface area (Å²) in [6, 6.07) is 23.9. The topological polar surface area (TPSA) is 0 Å². The van der Waals surface area contributed by atoms with Gasteiger partial charge in [0.15, 0.2) is 0 Å². The maximum Gasteiger partial charge on any atom is 0.123 e. The summed E-state index contributed by atoms with van der Waals surface area (Å²) in [6.07, 6.45) is 0. The van der Waals surface area contributed by atoms with Crippen molar-refractivity contribution in [1.29, 1.82) is 0 Å². The summed E-state index contributed by atoms with van der Waals surface area (Å²) in [5, 5.41) is 0. The Labute approximate surface area is 184 Å². The van der Waals surface area contributed by atoms with Crippen molar-refractivity contribution in [2.75, 3.05) is 0 Å². The molecule has 3 rings (SSSR count). The van der Waals surface area contributed by atoms with Crippen LogP contribution in [0.4, 0.5) is 4.39 Å². The maximum atomic E-state index is 12.4. The summed E-state index contributed by atoms with van der Waals surface area (Å²) < 4.78 is 12.4. The number of benzene rings is 3. The molecule has 0 aliphatic carbocycles. The molecule has 0 unspecified atom stereocenters. The second-order valence-electron chi connectivity index (χ2n) is 8.85. The van der Waals surface area contributed by atoms with Gasteiger partial charge in [0.2, 0.25) is 0 Å². The first-order valence-electron chi connectivity index (χ1n) is 11.0. The number of hydrogen-bond donors (Lipinski definition) is 0. The summed E-state index contributed by atoms with van der Waals surface area (Å²) in [5.41, 5.74) is 6.78. The van der Waals surface area contributed by atoms with Gasteiger partial charge in [-0.1, -0.05) is 113 Å². The Hall–Kier alpha value is -2.41. The number of rotatable bonds is 3. The molecule has 0 spiro atoms. The van der Waals surface area contributed by atoms with Gasteiger partial charge in [0.1, 0.15) is 5.82 Å². The van der Waals surface area contributed by atoms with E-state index in [2.05, 4.69) is 97.9 Å². The van der Waals surface area contributed by atoms with Crippen molar-refractivity contribution < 1.29 is 4.39 Å². The molecule has 3 aromatic rings. The first-order valence-corrected chi connectivity index (χ1v) is 11.0. The number of halogens is 1. The minimum Gasteiger partial charge on any atom is -0.207 e. The predicted molar refractivity (Wildman–Crippen MR) is 131 cm³/mol. The van der Waals surface area contributed by atoms with Crippen LogP contribution >= 0.6 is 0 Å². The fraction of sp³-hybridized carbons (Fsp3) is 0.379. The normalized spacial score (nSPS) is 10.4.